The van der Waals surface area contributed by atoms with Gasteiger partial charge in [0.2, 0.25) is 0 Å². The maximum atomic E-state index is 12.9. The molecule has 0 unspecified atom stereocenters. The Morgan fingerprint density at radius 2 is 1.56 bits per heavy atom. The van der Waals surface area contributed by atoms with Gasteiger partial charge >= 0.3 is 0 Å². The van der Waals surface area contributed by atoms with Gasteiger partial charge in [-0.3, -0.25) is 14.4 Å². The normalized spacial score (nSPS) is 23.4. The molecule has 2 aliphatic carbocycles. The molecule has 0 saturated carbocycles. The van der Waals surface area contributed by atoms with Crippen LogP contribution in [0.15, 0.2) is 24.3 Å². The first-order chi connectivity index (χ1) is 12.7. The van der Waals surface area contributed by atoms with Crippen molar-refractivity contribution in [2.45, 2.75) is 31.5 Å². The highest BCUT2D eigenvalue weighted by atomic mass is 16.3. The van der Waals surface area contributed by atoms with Gasteiger partial charge in [-0.15, -0.1) is 0 Å². The predicted molar refractivity (Wildman–Crippen MR) is 92.0 cm³/mol. The summed E-state index contributed by atoms with van der Waals surface area (Å²) in [5, 5.41) is 42.3. The summed E-state index contributed by atoms with van der Waals surface area (Å²) in [7, 11) is 0. The molecule has 2 aliphatic rings. The van der Waals surface area contributed by atoms with Gasteiger partial charge < -0.3 is 20.4 Å². The van der Waals surface area contributed by atoms with Crippen molar-refractivity contribution in [1.82, 2.24) is 0 Å². The Bertz CT molecular complexity index is 1050. The predicted octanol–water partition coefficient (Wildman–Crippen LogP) is 1.17. The average molecular weight is 368 g/mol. The third-order valence-corrected chi connectivity index (χ3v) is 5.45. The Morgan fingerprint density at radius 3 is 2.07 bits per heavy atom. The highest BCUT2D eigenvalue weighted by Crippen LogP contribution is 2.50. The van der Waals surface area contributed by atoms with Crippen LogP contribution in [0, 0.1) is 0 Å². The SMILES string of the molecule is CC(=O)[C@]1(O)Cc2c(O)c3c(c(O)c2[C@@H](O)C1)C(=O)c1ccccc1C3=O. The first-order valence-electron chi connectivity index (χ1n) is 8.38. The van der Waals surface area contributed by atoms with E-state index in [2.05, 4.69) is 0 Å². The number of ketones is 3. The minimum absolute atomic E-state index is 0.0860. The van der Waals surface area contributed by atoms with Crippen LogP contribution in [-0.2, 0) is 11.2 Å². The number of phenolic OH excluding ortho intramolecular Hbond substituents is 2. The largest absolute Gasteiger partial charge is 0.507 e. The molecule has 0 fully saturated rings. The molecule has 2 aromatic carbocycles. The third kappa shape index (κ3) is 2.19. The molecule has 0 aromatic heterocycles. The highest BCUT2D eigenvalue weighted by Gasteiger charge is 2.46. The fourth-order valence-electron chi connectivity index (χ4n) is 3.98. The number of hydrogen-bond acceptors (Lipinski definition) is 7. The summed E-state index contributed by atoms with van der Waals surface area (Å²) >= 11 is 0. The van der Waals surface area contributed by atoms with Gasteiger partial charge in [-0.05, 0) is 6.92 Å². The molecular formula is C20H16O7. The standard InChI is InChI=1S/C20H16O7/c1-8(21)20(27)6-11-13(12(22)7-20)19(26)15-14(18(11)25)16(23)9-4-2-3-5-10(9)17(15)24/h2-5,12,22,25-27H,6-7H2,1H3/t12-,20-/m0/s1. The van der Waals surface area contributed by atoms with Crippen LogP contribution in [0.25, 0.3) is 0 Å². The Kier molecular flexibility index (Phi) is 3.53. The van der Waals surface area contributed by atoms with E-state index in [1.165, 1.54) is 12.1 Å². The molecule has 138 valence electrons. The number of carbonyl (C=O) groups is 3. The Hall–Kier alpha value is -3.03. The minimum atomic E-state index is -1.94. The lowest BCUT2D eigenvalue weighted by Gasteiger charge is -2.36. The van der Waals surface area contributed by atoms with Crippen molar-refractivity contribution in [2.75, 3.05) is 0 Å². The van der Waals surface area contributed by atoms with Gasteiger partial charge in [0.25, 0.3) is 0 Å². The molecule has 0 heterocycles. The quantitative estimate of drug-likeness (QED) is 0.474. The van der Waals surface area contributed by atoms with Crippen LogP contribution in [-0.4, -0.2) is 43.4 Å². The Balaban J connectivity index is 2.04. The van der Waals surface area contributed by atoms with Gasteiger partial charge in [-0.1, -0.05) is 24.3 Å². The summed E-state index contributed by atoms with van der Waals surface area (Å²) in [5.74, 6) is -3.12. The van der Waals surface area contributed by atoms with Crippen LogP contribution in [0.1, 0.15) is 62.4 Å². The number of carbonyl (C=O) groups excluding carboxylic acids is 3. The zero-order valence-corrected chi connectivity index (χ0v) is 14.3. The van der Waals surface area contributed by atoms with Crippen molar-refractivity contribution in [2.24, 2.45) is 0 Å². The van der Waals surface area contributed by atoms with E-state index in [1.807, 2.05) is 0 Å². The summed E-state index contributed by atoms with van der Waals surface area (Å²) in [5.41, 5.74) is -2.76. The van der Waals surface area contributed by atoms with Crippen molar-refractivity contribution in [1.29, 1.82) is 0 Å². The first-order valence-corrected chi connectivity index (χ1v) is 8.38. The maximum Gasteiger partial charge on any atom is 0.198 e. The van der Waals surface area contributed by atoms with Crippen LogP contribution >= 0.6 is 0 Å². The fourth-order valence-corrected chi connectivity index (χ4v) is 3.98. The number of benzene rings is 2. The summed E-state index contributed by atoms with van der Waals surface area (Å²) in [4.78, 5) is 37.5. The number of rotatable bonds is 1. The molecule has 0 amide bonds. The van der Waals surface area contributed by atoms with E-state index in [0.717, 1.165) is 6.92 Å². The second-order valence-corrected chi connectivity index (χ2v) is 7.03. The molecule has 0 bridgehead atoms. The summed E-state index contributed by atoms with van der Waals surface area (Å²) in [6, 6.07) is 6.03. The number of phenols is 2. The van der Waals surface area contributed by atoms with E-state index >= 15 is 0 Å². The zero-order valence-electron chi connectivity index (χ0n) is 14.3. The molecule has 0 radical (unpaired) electrons. The van der Waals surface area contributed by atoms with Gasteiger partial charge in [0.15, 0.2) is 17.3 Å². The molecule has 7 nitrogen and oxygen atoms in total. The Morgan fingerprint density at radius 1 is 1.04 bits per heavy atom. The van der Waals surface area contributed by atoms with Crippen molar-refractivity contribution >= 4 is 17.3 Å². The monoisotopic (exact) mass is 368 g/mol. The van der Waals surface area contributed by atoms with Gasteiger partial charge in [-0.25, -0.2) is 0 Å². The van der Waals surface area contributed by atoms with Crippen LogP contribution in [0.2, 0.25) is 0 Å². The molecule has 0 spiro atoms. The lowest BCUT2D eigenvalue weighted by atomic mass is 9.72. The van der Waals surface area contributed by atoms with E-state index in [0.29, 0.717) is 0 Å². The van der Waals surface area contributed by atoms with Crippen LogP contribution < -0.4 is 0 Å². The van der Waals surface area contributed by atoms with Gasteiger partial charge in [0, 0.05) is 35.1 Å². The average Bonchev–Trinajstić information content (AvgIpc) is 2.62. The van der Waals surface area contributed by atoms with Crippen LogP contribution in [0.3, 0.4) is 0 Å². The number of hydrogen-bond donors (Lipinski definition) is 4. The van der Waals surface area contributed by atoms with Crippen molar-refractivity contribution in [3.8, 4) is 11.5 Å². The summed E-state index contributed by atoms with van der Waals surface area (Å²) in [6.45, 7) is 1.15. The highest BCUT2D eigenvalue weighted by molar-refractivity contribution is 6.30. The second kappa shape index (κ2) is 5.48. The molecule has 4 rings (SSSR count). The molecule has 27 heavy (non-hydrogen) atoms. The van der Waals surface area contributed by atoms with Crippen LogP contribution in [0.5, 0.6) is 11.5 Å². The number of fused-ring (bicyclic) bond motifs is 3. The van der Waals surface area contributed by atoms with E-state index in [1.54, 1.807) is 12.1 Å². The van der Waals surface area contributed by atoms with Gasteiger partial charge in [0.1, 0.15) is 17.1 Å². The van der Waals surface area contributed by atoms with Crippen molar-refractivity contribution in [3.05, 3.63) is 57.6 Å². The van der Waals surface area contributed by atoms with E-state index < -0.39 is 40.6 Å². The zero-order chi connectivity index (χ0) is 19.7. The molecule has 0 saturated heterocycles. The minimum Gasteiger partial charge on any atom is -0.507 e. The van der Waals surface area contributed by atoms with E-state index in [9.17, 15) is 34.8 Å². The first kappa shape index (κ1) is 17.4. The molecule has 4 N–H and O–H groups in total. The fraction of sp³-hybridized carbons (Fsp3) is 0.250. The third-order valence-electron chi connectivity index (χ3n) is 5.45. The molecule has 0 aliphatic heterocycles. The van der Waals surface area contributed by atoms with Gasteiger partial charge in [-0.2, -0.15) is 0 Å². The van der Waals surface area contributed by atoms with E-state index in [4.69, 9.17) is 0 Å². The van der Waals surface area contributed by atoms with Crippen LogP contribution in [0.4, 0.5) is 0 Å². The number of Topliss-reactive ketones (excluding diaryl/α,β-unsaturated/α-hetero) is 1. The number of aromatic hydroxyl groups is 2. The van der Waals surface area contributed by atoms with Gasteiger partial charge in [0.05, 0.1) is 17.2 Å². The Labute approximate surface area is 153 Å². The second-order valence-electron chi connectivity index (χ2n) is 7.03. The summed E-state index contributed by atoms with van der Waals surface area (Å²) < 4.78 is 0. The summed E-state index contributed by atoms with van der Waals surface area (Å²) in [6.07, 6.45) is -2.26. The lowest BCUT2D eigenvalue weighted by Crippen LogP contribution is -2.44. The van der Waals surface area contributed by atoms with Crippen molar-refractivity contribution in [3.63, 3.8) is 0 Å². The number of aliphatic hydroxyl groups excluding tert-OH is 1. The lowest BCUT2D eigenvalue weighted by molar-refractivity contribution is -0.139. The molecular weight excluding hydrogens is 352 g/mol. The smallest absolute Gasteiger partial charge is 0.198 e. The maximum absolute atomic E-state index is 12.9. The number of aliphatic hydroxyl groups is 2. The molecule has 7 heteroatoms. The molecule has 2 aromatic rings. The van der Waals surface area contributed by atoms with E-state index in [-0.39, 0.29) is 46.2 Å². The topological polar surface area (TPSA) is 132 Å². The molecule has 2 atom stereocenters. The van der Waals surface area contributed by atoms with Crippen molar-refractivity contribution < 1.29 is 34.8 Å².